The maximum absolute atomic E-state index is 14.0. The number of benzene rings is 1. The monoisotopic (exact) mass is 714 g/mol. The van der Waals surface area contributed by atoms with Crippen LogP contribution in [-0.2, 0) is 28.8 Å². The number of para-hydroxylation sites is 1. The van der Waals surface area contributed by atoms with E-state index in [4.69, 9.17) is 0 Å². The van der Waals surface area contributed by atoms with Crippen LogP contribution in [0.3, 0.4) is 0 Å². The lowest BCUT2D eigenvalue weighted by molar-refractivity contribution is -0.146. The molecule has 5 rings (SSSR count). The fourth-order valence-electron chi connectivity index (χ4n) is 7.22. The van der Waals surface area contributed by atoms with Gasteiger partial charge in [0.1, 0.15) is 30.2 Å². The summed E-state index contributed by atoms with van der Waals surface area (Å²) in [5.74, 6) is -4.92. The topological polar surface area (TPSA) is 186 Å². The zero-order chi connectivity index (χ0) is 33.8. The predicted octanol–water partition coefficient (Wildman–Crippen LogP) is 2.25. The van der Waals surface area contributed by atoms with Crippen molar-refractivity contribution < 1.29 is 33.9 Å². The molecule has 0 spiro atoms. The van der Waals surface area contributed by atoms with Gasteiger partial charge in [0.2, 0.25) is 29.5 Å². The van der Waals surface area contributed by atoms with Crippen LogP contribution in [0.1, 0.15) is 83.1 Å². The van der Waals surface area contributed by atoms with Crippen LogP contribution in [0.4, 0.5) is 5.69 Å². The average molecular weight is 716 g/mol. The quantitative estimate of drug-likeness (QED) is 0.287. The second kappa shape index (κ2) is 15.0. The van der Waals surface area contributed by atoms with Gasteiger partial charge >= 0.3 is 5.97 Å². The molecule has 6 atom stereocenters. The molecule has 13 nitrogen and oxygen atoms in total. The summed E-state index contributed by atoms with van der Waals surface area (Å²) in [6.07, 6.45) is 3.71. The number of aliphatic imine (C=N–C) groups is 1. The van der Waals surface area contributed by atoms with E-state index in [1.165, 1.54) is 4.90 Å². The summed E-state index contributed by atoms with van der Waals surface area (Å²) >= 11 is 3.51. The molecular weight excluding hydrogens is 672 g/mol. The molecule has 0 aromatic heterocycles. The molecule has 0 radical (unpaired) electrons. The maximum Gasteiger partial charge on any atom is 0.305 e. The highest BCUT2D eigenvalue weighted by molar-refractivity contribution is 9.18. The number of amides is 5. The standard InChI is InChI=1S/C33H43BrN6O7/c1-17(2)14-22-29(43)36-23(15-20-19-10-5-6-11-21(19)35-28(20)34)30(44)38-24(16-26(41)42)33(47)40-13-7-12-25(40)31(45)39-27(32(46)37-22)18-8-3-4-9-18/h5-6,10-11,17-18,20,22-25,27H,3-4,7-9,12-16H2,1-2H3,(H,36,43)(H,37,46)(H,38,44)(H,39,45)(H,41,42)/t20?,22-,23+,24+,25-,27+/m0/s1. The number of carbonyl (C=O) groups excluding carboxylic acids is 5. The lowest BCUT2D eigenvalue weighted by Gasteiger charge is -2.31. The van der Waals surface area contributed by atoms with Crippen molar-refractivity contribution in [3.8, 4) is 0 Å². The molecule has 1 saturated carbocycles. The van der Waals surface area contributed by atoms with Crippen LogP contribution in [0.25, 0.3) is 0 Å². The SMILES string of the molecule is CC(C)C[C@@H]1NC(=O)[C@@H](C2CCCC2)NC(=O)[C@@H]2CCCN2C(=O)[C@@H](CC(=O)O)NC(=O)[C@@H](CC2C(Br)=Nc3ccccc32)NC1=O. The molecule has 5 amide bonds. The highest BCUT2D eigenvalue weighted by Gasteiger charge is 2.43. The maximum atomic E-state index is 14.0. The molecule has 4 aliphatic rings. The van der Waals surface area contributed by atoms with E-state index in [1.807, 2.05) is 38.1 Å². The number of hydrogen-bond acceptors (Lipinski definition) is 7. The van der Waals surface area contributed by atoms with Gasteiger partial charge in [-0.05, 0) is 77.9 Å². The van der Waals surface area contributed by atoms with Crippen molar-refractivity contribution in [3.05, 3.63) is 29.8 Å². The Morgan fingerprint density at radius 2 is 1.55 bits per heavy atom. The summed E-state index contributed by atoms with van der Waals surface area (Å²) in [5.41, 5.74) is 1.55. The third-order valence-corrected chi connectivity index (χ3v) is 10.3. The number of carboxylic acids is 1. The average Bonchev–Trinajstić information content (AvgIpc) is 3.78. The van der Waals surface area contributed by atoms with Gasteiger partial charge < -0.3 is 31.3 Å². The van der Waals surface area contributed by atoms with Gasteiger partial charge in [0.05, 0.1) is 16.7 Å². The van der Waals surface area contributed by atoms with Crippen molar-refractivity contribution >= 4 is 61.7 Å². The molecule has 3 heterocycles. The van der Waals surface area contributed by atoms with Gasteiger partial charge in [0.25, 0.3) is 0 Å². The molecule has 14 heteroatoms. The number of hydrogen-bond donors (Lipinski definition) is 5. The van der Waals surface area contributed by atoms with Crippen molar-refractivity contribution in [1.82, 2.24) is 26.2 Å². The Bertz CT molecular complexity index is 1440. The first kappa shape index (κ1) is 34.5. The van der Waals surface area contributed by atoms with Crippen molar-refractivity contribution in [2.24, 2.45) is 16.8 Å². The van der Waals surface area contributed by atoms with Gasteiger partial charge in [-0.15, -0.1) is 0 Å². The smallest absolute Gasteiger partial charge is 0.305 e. The minimum absolute atomic E-state index is 0.00691. The number of nitrogens with zero attached hydrogens (tertiary/aromatic N) is 2. The summed E-state index contributed by atoms with van der Waals surface area (Å²) < 4.78 is 0.561. The van der Waals surface area contributed by atoms with Crippen molar-refractivity contribution in [2.75, 3.05) is 6.54 Å². The number of carbonyl (C=O) groups is 6. The summed E-state index contributed by atoms with van der Waals surface area (Å²) in [6.45, 7) is 4.02. The number of rotatable bonds is 7. The van der Waals surface area contributed by atoms with Gasteiger partial charge in [0, 0.05) is 12.5 Å². The number of aliphatic carboxylic acids is 1. The Morgan fingerprint density at radius 3 is 2.26 bits per heavy atom. The molecule has 254 valence electrons. The van der Waals surface area contributed by atoms with Crippen LogP contribution in [0.15, 0.2) is 29.3 Å². The minimum Gasteiger partial charge on any atom is -0.481 e. The Balaban J connectivity index is 1.53. The first-order chi connectivity index (χ1) is 22.4. The molecule has 1 aliphatic carbocycles. The van der Waals surface area contributed by atoms with E-state index in [9.17, 15) is 33.9 Å². The molecule has 1 aromatic carbocycles. The molecule has 3 aliphatic heterocycles. The van der Waals surface area contributed by atoms with Crippen LogP contribution in [0.5, 0.6) is 0 Å². The van der Waals surface area contributed by atoms with Crippen LogP contribution < -0.4 is 21.3 Å². The highest BCUT2D eigenvalue weighted by atomic mass is 79.9. The molecule has 3 fully saturated rings. The van der Waals surface area contributed by atoms with E-state index >= 15 is 0 Å². The van der Waals surface area contributed by atoms with Crippen LogP contribution in [0, 0.1) is 11.8 Å². The molecule has 0 bridgehead atoms. The minimum atomic E-state index is -1.48. The van der Waals surface area contributed by atoms with Crippen molar-refractivity contribution in [1.29, 1.82) is 0 Å². The van der Waals surface area contributed by atoms with E-state index in [2.05, 4.69) is 42.2 Å². The van der Waals surface area contributed by atoms with Crippen LogP contribution >= 0.6 is 15.9 Å². The molecule has 47 heavy (non-hydrogen) atoms. The second-order valence-corrected chi connectivity index (χ2v) is 14.2. The van der Waals surface area contributed by atoms with Crippen LogP contribution in [-0.4, -0.2) is 86.9 Å². The summed E-state index contributed by atoms with van der Waals surface area (Å²) in [7, 11) is 0. The van der Waals surface area contributed by atoms with E-state index in [1.54, 1.807) is 0 Å². The Kier molecular flexibility index (Phi) is 11.0. The molecule has 2 saturated heterocycles. The van der Waals surface area contributed by atoms with E-state index < -0.39 is 78.1 Å². The van der Waals surface area contributed by atoms with E-state index in [-0.39, 0.29) is 31.2 Å². The third-order valence-electron chi connectivity index (χ3n) is 9.55. The van der Waals surface area contributed by atoms with E-state index in [0.29, 0.717) is 23.1 Å². The normalized spacial score (nSPS) is 29.2. The molecule has 1 aromatic rings. The molecule has 5 N–H and O–H groups in total. The number of fused-ring (bicyclic) bond motifs is 2. The fourth-order valence-corrected chi connectivity index (χ4v) is 7.85. The number of carboxylic acid groups (broad SMARTS) is 1. The van der Waals surface area contributed by atoms with Crippen molar-refractivity contribution in [3.63, 3.8) is 0 Å². The van der Waals surface area contributed by atoms with Gasteiger partial charge in [-0.3, -0.25) is 28.8 Å². The van der Waals surface area contributed by atoms with Gasteiger partial charge in [-0.2, -0.15) is 0 Å². The largest absolute Gasteiger partial charge is 0.481 e. The Hall–Kier alpha value is -3.81. The number of halogens is 1. The van der Waals surface area contributed by atoms with Gasteiger partial charge in [0.15, 0.2) is 0 Å². The first-order valence-electron chi connectivity index (χ1n) is 16.5. The van der Waals surface area contributed by atoms with Gasteiger partial charge in [-0.1, -0.05) is 44.9 Å². The van der Waals surface area contributed by atoms with Gasteiger partial charge in [-0.25, -0.2) is 4.99 Å². The summed E-state index contributed by atoms with van der Waals surface area (Å²) in [4.78, 5) is 87.2. The van der Waals surface area contributed by atoms with Crippen LogP contribution in [0.2, 0.25) is 0 Å². The fraction of sp³-hybridized carbons (Fsp3) is 0.606. The van der Waals surface area contributed by atoms with E-state index in [0.717, 1.165) is 31.2 Å². The number of nitrogens with one attached hydrogen (secondary N) is 4. The second-order valence-electron chi connectivity index (χ2n) is 13.4. The Labute approximate surface area is 282 Å². The lowest BCUT2D eigenvalue weighted by Crippen LogP contribution is -2.59. The first-order valence-corrected chi connectivity index (χ1v) is 17.3. The Morgan fingerprint density at radius 1 is 0.894 bits per heavy atom. The highest BCUT2D eigenvalue weighted by Crippen LogP contribution is 2.40. The zero-order valence-electron chi connectivity index (χ0n) is 26.7. The predicted molar refractivity (Wildman–Crippen MR) is 176 cm³/mol. The summed E-state index contributed by atoms with van der Waals surface area (Å²) in [5, 5.41) is 20.9. The summed E-state index contributed by atoms with van der Waals surface area (Å²) in [6, 6.07) is 1.84. The molecule has 1 unspecified atom stereocenters. The zero-order valence-corrected chi connectivity index (χ0v) is 28.3. The van der Waals surface area contributed by atoms with Crippen molar-refractivity contribution in [2.45, 2.75) is 108 Å². The lowest BCUT2D eigenvalue weighted by atomic mass is 9.92. The third kappa shape index (κ3) is 8.02. The molecular formula is C33H43BrN6O7.